The second kappa shape index (κ2) is 5.99. The van der Waals surface area contributed by atoms with Crippen LogP contribution in [0.5, 0.6) is 0 Å². The Morgan fingerprint density at radius 1 is 1.14 bits per heavy atom. The summed E-state index contributed by atoms with van der Waals surface area (Å²) in [5.41, 5.74) is -1.63. The first kappa shape index (κ1) is 18.0. The smallest absolute Gasteiger partial charge is 0.277 e. The first-order chi connectivity index (χ1) is 9.33. The van der Waals surface area contributed by atoms with E-state index in [-0.39, 0.29) is 0 Å². The molecule has 0 bridgehead atoms. The van der Waals surface area contributed by atoms with Crippen molar-refractivity contribution in [3.05, 3.63) is 28.8 Å². The second-order valence-electron chi connectivity index (χ2n) is 3.63. The fraction of sp³-hybridized carbons (Fsp3) is 0.333. The fourth-order valence-corrected chi connectivity index (χ4v) is 2.38. The first-order valence-electron chi connectivity index (χ1n) is 4.90. The molecule has 0 fully saturated rings. The Bertz CT molecular complexity index is 613. The van der Waals surface area contributed by atoms with E-state index in [0.717, 1.165) is 11.0 Å². The Kier molecular flexibility index (Phi) is 5.13. The molecule has 0 aromatic heterocycles. The lowest BCUT2D eigenvalue weighted by Crippen LogP contribution is -2.31. The van der Waals surface area contributed by atoms with Crippen molar-refractivity contribution in [2.45, 2.75) is 17.2 Å². The number of rotatable bonds is 4. The lowest BCUT2D eigenvalue weighted by molar-refractivity contribution is -0.181. The molecule has 0 radical (unpaired) electrons. The number of sulfonamides is 1. The van der Waals surface area contributed by atoms with Gasteiger partial charge in [0.05, 0.1) is 10.5 Å². The zero-order valence-corrected chi connectivity index (χ0v) is 11.3. The third kappa shape index (κ3) is 5.34. The largest absolute Gasteiger partial charge is 0.417 e. The quantitative estimate of drug-likeness (QED) is 0.665. The van der Waals surface area contributed by atoms with Crippen molar-refractivity contribution in [2.24, 2.45) is 0 Å². The summed E-state index contributed by atoms with van der Waals surface area (Å²) in [6, 6.07) is 1.68. The molecule has 0 amide bonds. The summed E-state index contributed by atoms with van der Waals surface area (Å²) >= 11 is 5.34. The predicted molar refractivity (Wildman–Crippen MR) is 58.8 cm³/mol. The minimum Gasteiger partial charge on any atom is -0.277 e. The van der Waals surface area contributed by atoms with Crippen molar-refractivity contribution < 1.29 is 39.6 Å². The van der Waals surface area contributed by atoms with Gasteiger partial charge in [-0.05, 0) is 18.2 Å². The summed E-state index contributed by atoms with van der Waals surface area (Å²) in [7, 11) is -4.96. The standard InChI is InChI=1S/C9H6ClF6NO3S/c10-5-1-2-7(6(3-5)9(14,15)16)21(18,19)17-20-4-8(11,12)13/h1-3,17H,4H2. The number of hydrogen-bond donors (Lipinski definition) is 1. The lowest BCUT2D eigenvalue weighted by Gasteiger charge is -2.14. The van der Waals surface area contributed by atoms with Crippen LogP contribution in [0.3, 0.4) is 0 Å². The van der Waals surface area contributed by atoms with Crippen LogP contribution in [0, 0.1) is 0 Å². The van der Waals surface area contributed by atoms with Crippen LogP contribution in [0.4, 0.5) is 26.3 Å². The summed E-state index contributed by atoms with van der Waals surface area (Å²) in [4.78, 5) is 3.32. The summed E-state index contributed by atoms with van der Waals surface area (Å²) in [6.07, 6.45) is -9.92. The predicted octanol–water partition coefficient (Wildman–Crippen LogP) is 3.13. The third-order valence-electron chi connectivity index (χ3n) is 1.94. The van der Waals surface area contributed by atoms with Crippen molar-refractivity contribution in [3.63, 3.8) is 0 Å². The van der Waals surface area contributed by atoms with E-state index in [1.165, 1.54) is 0 Å². The Morgan fingerprint density at radius 2 is 1.71 bits per heavy atom. The zero-order chi connectivity index (χ0) is 16.5. The molecule has 1 aromatic rings. The summed E-state index contributed by atoms with van der Waals surface area (Å²) in [5.74, 6) is 0. The number of hydrogen-bond acceptors (Lipinski definition) is 3. The van der Waals surface area contributed by atoms with Crippen LogP contribution in [-0.4, -0.2) is 21.2 Å². The zero-order valence-electron chi connectivity index (χ0n) is 9.72. The molecule has 0 aliphatic heterocycles. The molecule has 0 saturated heterocycles. The molecule has 0 aliphatic carbocycles. The Morgan fingerprint density at radius 3 is 2.19 bits per heavy atom. The first-order valence-corrected chi connectivity index (χ1v) is 6.76. The molecule has 120 valence electrons. The molecule has 0 saturated carbocycles. The highest BCUT2D eigenvalue weighted by molar-refractivity contribution is 7.89. The van der Waals surface area contributed by atoms with Gasteiger partial charge in [-0.2, -0.15) is 26.3 Å². The summed E-state index contributed by atoms with van der Waals surface area (Å²) in [5, 5.41) is -0.391. The molecule has 1 rings (SSSR count). The number of alkyl halides is 6. The van der Waals surface area contributed by atoms with E-state index in [1.807, 2.05) is 0 Å². The maximum atomic E-state index is 12.7. The minimum absolute atomic E-state index is 0.333. The average Bonchev–Trinajstić information content (AvgIpc) is 2.25. The molecular weight excluding hydrogens is 352 g/mol. The van der Waals surface area contributed by atoms with Crippen molar-refractivity contribution in [2.75, 3.05) is 6.61 Å². The van der Waals surface area contributed by atoms with Crippen molar-refractivity contribution >= 4 is 21.6 Å². The van der Waals surface area contributed by atoms with Gasteiger partial charge in [-0.3, -0.25) is 4.84 Å². The number of benzene rings is 1. The molecule has 1 N–H and O–H groups in total. The van der Waals surface area contributed by atoms with Crippen LogP contribution in [0.1, 0.15) is 5.56 Å². The Balaban J connectivity index is 3.09. The fourth-order valence-electron chi connectivity index (χ4n) is 1.19. The van der Waals surface area contributed by atoms with E-state index in [9.17, 15) is 34.8 Å². The van der Waals surface area contributed by atoms with Gasteiger partial charge in [0, 0.05) is 5.02 Å². The van der Waals surface area contributed by atoms with E-state index in [2.05, 4.69) is 4.84 Å². The lowest BCUT2D eigenvalue weighted by atomic mass is 10.2. The van der Waals surface area contributed by atoms with Gasteiger partial charge in [-0.25, -0.2) is 8.42 Å². The molecule has 0 unspecified atom stereocenters. The van der Waals surface area contributed by atoms with Gasteiger partial charge in [-0.15, -0.1) is 0 Å². The van der Waals surface area contributed by atoms with Crippen LogP contribution >= 0.6 is 11.6 Å². The SMILES string of the molecule is O=S(=O)(NOCC(F)(F)F)c1ccc(Cl)cc1C(F)(F)F. The summed E-state index contributed by atoms with van der Waals surface area (Å²) < 4.78 is 96.6. The second-order valence-corrected chi connectivity index (χ2v) is 5.68. The maximum Gasteiger partial charge on any atom is 0.417 e. The van der Waals surface area contributed by atoms with E-state index in [0.29, 0.717) is 12.1 Å². The van der Waals surface area contributed by atoms with E-state index in [1.54, 1.807) is 0 Å². The average molecular weight is 358 g/mol. The van der Waals surface area contributed by atoms with Crippen LogP contribution < -0.4 is 4.89 Å². The van der Waals surface area contributed by atoms with Gasteiger partial charge in [0.2, 0.25) is 0 Å². The Labute approximate surface area is 119 Å². The molecule has 4 nitrogen and oxygen atoms in total. The molecular formula is C9H6ClF6NO3S. The molecule has 0 aliphatic rings. The highest BCUT2D eigenvalue weighted by Gasteiger charge is 2.38. The Hall–Kier alpha value is -1.04. The highest BCUT2D eigenvalue weighted by Crippen LogP contribution is 2.35. The van der Waals surface area contributed by atoms with Gasteiger partial charge < -0.3 is 0 Å². The molecule has 0 atom stereocenters. The monoisotopic (exact) mass is 357 g/mol. The van der Waals surface area contributed by atoms with Crippen molar-refractivity contribution in [1.29, 1.82) is 0 Å². The third-order valence-corrected chi connectivity index (χ3v) is 3.45. The molecule has 1 aromatic carbocycles. The van der Waals surface area contributed by atoms with Gasteiger partial charge in [0.25, 0.3) is 10.0 Å². The van der Waals surface area contributed by atoms with Crippen LogP contribution in [-0.2, 0) is 21.0 Å². The topological polar surface area (TPSA) is 55.4 Å². The van der Waals surface area contributed by atoms with Crippen LogP contribution in [0.25, 0.3) is 0 Å². The van der Waals surface area contributed by atoms with Gasteiger partial charge in [0.15, 0.2) is 6.61 Å². The minimum atomic E-state index is -5.07. The van der Waals surface area contributed by atoms with Crippen LogP contribution in [0.2, 0.25) is 5.02 Å². The number of halogens is 7. The van der Waals surface area contributed by atoms with Gasteiger partial charge in [0.1, 0.15) is 0 Å². The molecule has 0 spiro atoms. The highest BCUT2D eigenvalue weighted by atomic mass is 35.5. The van der Waals surface area contributed by atoms with Gasteiger partial charge in [-0.1, -0.05) is 16.5 Å². The maximum absolute atomic E-state index is 12.7. The summed E-state index contributed by atoms with van der Waals surface area (Å²) in [6.45, 7) is -2.00. The van der Waals surface area contributed by atoms with Crippen molar-refractivity contribution in [3.8, 4) is 0 Å². The van der Waals surface area contributed by atoms with E-state index >= 15 is 0 Å². The molecule has 12 heteroatoms. The number of nitrogens with one attached hydrogen (secondary N) is 1. The van der Waals surface area contributed by atoms with E-state index in [4.69, 9.17) is 11.6 Å². The molecule has 21 heavy (non-hydrogen) atoms. The van der Waals surface area contributed by atoms with E-state index < -0.39 is 44.5 Å². The normalized spacial score (nSPS) is 13.5. The van der Waals surface area contributed by atoms with Crippen LogP contribution in [0.15, 0.2) is 23.1 Å². The molecule has 0 heterocycles. The van der Waals surface area contributed by atoms with Crippen molar-refractivity contribution in [1.82, 2.24) is 4.89 Å². The van der Waals surface area contributed by atoms with Gasteiger partial charge >= 0.3 is 12.4 Å².